The van der Waals surface area contributed by atoms with Crippen LogP contribution in [0.25, 0.3) is 6.08 Å². The molecule has 0 bridgehead atoms. The maximum absolute atomic E-state index is 13.6. The van der Waals surface area contributed by atoms with E-state index in [1.54, 1.807) is 72.8 Å². The number of fused-ring (bicyclic) bond motifs is 1. The standard InChI is InChI=1S/C32H26N4O5/c1-40-27-15-9-8-14-25(27)34-32(39)24-18-20-10-6-7-13-23(20)29(30(24)37)36-35-26-19-21(16-17-28(26)41-2)31(38)33-22-11-4-3-5-12-22/h3-19,35H,1-2H3,(H,33,38)(H,34,39)/b36-29-. The Hall–Kier alpha value is -5.70. The Bertz CT molecular complexity index is 1700. The average molecular weight is 547 g/mol. The van der Waals surface area contributed by atoms with Gasteiger partial charge in [-0.15, -0.1) is 0 Å². The molecule has 5 rings (SSSR count). The zero-order valence-electron chi connectivity index (χ0n) is 22.3. The highest BCUT2D eigenvalue weighted by Gasteiger charge is 2.30. The molecule has 0 unspecified atom stereocenters. The normalized spacial score (nSPS) is 13.1. The molecule has 0 heterocycles. The van der Waals surface area contributed by atoms with E-state index >= 15 is 0 Å². The predicted molar refractivity (Wildman–Crippen MR) is 159 cm³/mol. The fourth-order valence-electron chi connectivity index (χ4n) is 4.30. The van der Waals surface area contributed by atoms with Crippen molar-refractivity contribution in [3.8, 4) is 11.5 Å². The molecule has 9 heteroatoms. The monoisotopic (exact) mass is 546 g/mol. The number of para-hydroxylation sites is 3. The minimum absolute atomic E-state index is 0.0365. The van der Waals surface area contributed by atoms with E-state index in [1.807, 2.05) is 24.3 Å². The third-order valence-electron chi connectivity index (χ3n) is 6.36. The summed E-state index contributed by atoms with van der Waals surface area (Å²) in [7, 11) is 2.98. The summed E-state index contributed by atoms with van der Waals surface area (Å²) in [5.41, 5.74) is 5.83. The first kappa shape index (κ1) is 26.9. The van der Waals surface area contributed by atoms with E-state index in [-0.39, 0.29) is 17.2 Å². The Morgan fingerprint density at radius 3 is 2.17 bits per heavy atom. The molecule has 4 aromatic carbocycles. The zero-order valence-corrected chi connectivity index (χ0v) is 22.3. The zero-order chi connectivity index (χ0) is 28.8. The lowest BCUT2D eigenvalue weighted by Gasteiger charge is -2.18. The minimum Gasteiger partial charge on any atom is -0.495 e. The number of hydrazone groups is 1. The SMILES string of the molecule is COc1ccc(C(=O)Nc2ccccc2)cc1N/N=C1\C(=O)C(C(=O)Nc2ccccc2OC)=Cc2ccccc21. The van der Waals surface area contributed by atoms with Crippen LogP contribution in [-0.2, 0) is 9.59 Å². The molecule has 2 amide bonds. The fourth-order valence-corrected chi connectivity index (χ4v) is 4.30. The molecule has 0 fully saturated rings. The smallest absolute Gasteiger partial charge is 0.259 e. The second kappa shape index (κ2) is 12.0. The van der Waals surface area contributed by atoms with Gasteiger partial charge in [0, 0.05) is 16.8 Å². The summed E-state index contributed by atoms with van der Waals surface area (Å²) in [4.78, 5) is 39.7. The highest BCUT2D eigenvalue weighted by molar-refractivity contribution is 6.59. The quantitative estimate of drug-likeness (QED) is 0.202. The maximum atomic E-state index is 13.6. The third-order valence-corrected chi connectivity index (χ3v) is 6.36. The highest BCUT2D eigenvalue weighted by Crippen LogP contribution is 2.29. The van der Waals surface area contributed by atoms with Crippen LogP contribution in [0.5, 0.6) is 11.5 Å². The molecule has 4 aromatic rings. The second-order valence-electron chi connectivity index (χ2n) is 8.94. The van der Waals surface area contributed by atoms with E-state index in [0.717, 1.165) is 0 Å². The number of hydrogen-bond acceptors (Lipinski definition) is 7. The molecule has 204 valence electrons. The highest BCUT2D eigenvalue weighted by atomic mass is 16.5. The van der Waals surface area contributed by atoms with Gasteiger partial charge < -0.3 is 20.1 Å². The van der Waals surface area contributed by atoms with Crippen LogP contribution in [0.2, 0.25) is 0 Å². The van der Waals surface area contributed by atoms with Crippen LogP contribution in [0.4, 0.5) is 17.1 Å². The lowest BCUT2D eigenvalue weighted by Crippen LogP contribution is -2.30. The fraction of sp³-hybridized carbons (Fsp3) is 0.0625. The summed E-state index contributed by atoms with van der Waals surface area (Å²) < 4.78 is 10.8. The number of benzene rings is 4. The molecule has 1 aliphatic rings. The van der Waals surface area contributed by atoms with Gasteiger partial charge in [0.1, 0.15) is 17.2 Å². The Balaban J connectivity index is 1.44. The number of amides is 2. The maximum Gasteiger partial charge on any atom is 0.259 e. The van der Waals surface area contributed by atoms with E-state index in [4.69, 9.17) is 9.47 Å². The Kier molecular flexibility index (Phi) is 7.87. The van der Waals surface area contributed by atoms with Crippen molar-refractivity contribution in [2.24, 2.45) is 5.10 Å². The summed E-state index contributed by atoms with van der Waals surface area (Å²) in [6.07, 6.45) is 1.54. The number of carbonyl (C=O) groups is 3. The number of methoxy groups -OCH3 is 2. The number of Topliss-reactive ketones (excluding diaryl/α,β-unsaturated/α-hetero) is 1. The number of ketones is 1. The van der Waals surface area contributed by atoms with Crippen molar-refractivity contribution in [3.05, 3.63) is 119 Å². The molecule has 0 saturated heterocycles. The van der Waals surface area contributed by atoms with Gasteiger partial charge in [0.05, 0.1) is 31.2 Å². The van der Waals surface area contributed by atoms with Gasteiger partial charge in [-0.05, 0) is 54.1 Å². The van der Waals surface area contributed by atoms with E-state index in [0.29, 0.717) is 45.3 Å². The molecular weight excluding hydrogens is 520 g/mol. The first-order valence-electron chi connectivity index (χ1n) is 12.7. The van der Waals surface area contributed by atoms with Crippen LogP contribution in [0.3, 0.4) is 0 Å². The van der Waals surface area contributed by atoms with Crippen molar-refractivity contribution >= 4 is 46.4 Å². The molecule has 0 aliphatic heterocycles. The number of nitrogens with zero attached hydrogens (tertiary/aromatic N) is 1. The van der Waals surface area contributed by atoms with Crippen LogP contribution in [-0.4, -0.2) is 37.5 Å². The van der Waals surface area contributed by atoms with Gasteiger partial charge in [-0.3, -0.25) is 19.8 Å². The summed E-state index contributed by atoms with van der Waals surface area (Å²) in [5, 5.41) is 9.99. The first-order chi connectivity index (χ1) is 20.0. The van der Waals surface area contributed by atoms with E-state index in [1.165, 1.54) is 20.3 Å². The molecule has 9 nitrogen and oxygen atoms in total. The molecule has 0 saturated carbocycles. The summed E-state index contributed by atoms with van der Waals surface area (Å²) >= 11 is 0. The molecule has 41 heavy (non-hydrogen) atoms. The van der Waals surface area contributed by atoms with Crippen LogP contribution in [0, 0.1) is 0 Å². The van der Waals surface area contributed by atoms with Gasteiger partial charge in [-0.2, -0.15) is 5.10 Å². The second-order valence-corrected chi connectivity index (χ2v) is 8.94. The lowest BCUT2D eigenvalue weighted by molar-refractivity contribution is -0.116. The number of hydrogen-bond donors (Lipinski definition) is 3. The van der Waals surface area contributed by atoms with E-state index < -0.39 is 11.7 Å². The van der Waals surface area contributed by atoms with Gasteiger partial charge in [-0.1, -0.05) is 54.6 Å². The van der Waals surface area contributed by atoms with Crippen molar-refractivity contribution in [2.45, 2.75) is 0 Å². The average Bonchev–Trinajstić information content (AvgIpc) is 3.01. The van der Waals surface area contributed by atoms with Gasteiger partial charge in [0.15, 0.2) is 0 Å². The molecule has 0 spiro atoms. The Labute approximate surface area is 236 Å². The topological polar surface area (TPSA) is 118 Å². The van der Waals surface area contributed by atoms with Crippen LogP contribution >= 0.6 is 0 Å². The molecule has 3 N–H and O–H groups in total. The van der Waals surface area contributed by atoms with Crippen molar-refractivity contribution in [3.63, 3.8) is 0 Å². The van der Waals surface area contributed by atoms with E-state index in [2.05, 4.69) is 21.2 Å². The van der Waals surface area contributed by atoms with Crippen molar-refractivity contribution < 1.29 is 23.9 Å². The number of ether oxygens (including phenoxy) is 2. The third kappa shape index (κ3) is 5.84. The largest absolute Gasteiger partial charge is 0.495 e. The van der Waals surface area contributed by atoms with Crippen molar-refractivity contribution in [1.82, 2.24) is 0 Å². The Morgan fingerprint density at radius 2 is 1.39 bits per heavy atom. The number of rotatable bonds is 8. The lowest BCUT2D eigenvalue weighted by atomic mass is 9.89. The molecule has 0 radical (unpaired) electrons. The molecule has 0 aromatic heterocycles. The number of nitrogens with one attached hydrogen (secondary N) is 3. The number of anilines is 3. The summed E-state index contributed by atoms with van der Waals surface area (Å²) in [6, 6.07) is 28.0. The van der Waals surface area contributed by atoms with Crippen LogP contribution in [0.1, 0.15) is 21.5 Å². The molecule has 0 atom stereocenters. The molecule has 1 aliphatic carbocycles. The first-order valence-corrected chi connectivity index (χ1v) is 12.7. The molecular formula is C32H26N4O5. The Morgan fingerprint density at radius 1 is 0.707 bits per heavy atom. The van der Waals surface area contributed by atoms with Crippen molar-refractivity contribution in [1.29, 1.82) is 0 Å². The van der Waals surface area contributed by atoms with Crippen LogP contribution in [0.15, 0.2) is 108 Å². The van der Waals surface area contributed by atoms with Crippen molar-refractivity contribution in [2.75, 3.05) is 30.3 Å². The van der Waals surface area contributed by atoms with Gasteiger partial charge >= 0.3 is 0 Å². The predicted octanol–water partition coefficient (Wildman–Crippen LogP) is 5.38. The summed E-state index contributed by atoms with van der Waals surface area (Å²) in [5.74, 6) is -0.623. The van der Waals surface area contributed by atoms with Gasteiger partial charge in [0.2, 0.25) is 5.78 Å². The summed E-state index contributed by atoms with van der Waals surface area (Å²) in [6.45, 7) is 0. The van der Waals surface area contributed by atoms with Gasteiger partial charge in [-0.25, -0.2) is 0 Å². The van der Waals surface area contributed by atoms with Gasteiger partial charge in [0.25, 0.3) is 11.8 Å². The van der Waals surface area contributed by atoms with E-state index in [9.17, 15) is 14.4 Å². The number of carbonyl (C=O) groups excluding carboxylic acids is 3. The minimum atomic E-state index is -0.598. The van der Waals surface area contributed by atoms with Crippen LogP contribution < -0.4 is 25.5 Å².